The molecule has 0 aliphatic heterocycles. The Morgan fingerprint density at radius 2 is 1.65 bits per heavy atom. The lowest BCUT2D eigenvalue weighted by molar-refractivity contribution is -0.118. The number of benzene rings is 2. The number of amides is 1. The highest BCUT2D eigenvalue weighted by molar-refractivity contribution is 5.94. The normalized spacial score (nSPS) is 9.96. The zero-order valence-electron chi connectivity index (χ0n) is 13.3. The molecule has 0 unspecified atom stereocenters. The van der Waals surface area contributed by atoms with Crippen molar-refractivity contribution in [1.82, 2.24) is 5.32 Å². The number of carbonyl (C=O) groups excluding carboxylic acids is 1. The Balaban J connectivity index is 0.00000264. The van der Waals surface area contributed by atoms with Crippen LogP contribution in [-0.4, -0.2) is 32.7 Å². The summed E-state index contributed by atoms with van der Waals surface area (Å²) in [5.41, 5.74) is 2.02. The first-order valence-corrected chi connectivity index (χ1v) is 7.40. The predicted octanol–water partition coefficient (Wildman–Crippen LogP) is 2.88. The summed E-state index contributed by atoms with van der Waals surface area (Å²) in [7, 11) is 1.65. The van der Waals surface area contributed by atoms with E-state index in [-0.39, 0.29) is 18.3 Å². The summed E-state index contributed by atoms with van der Waals surface area (Å²) in [5, 5.41) is 3.11. The molecule has 0 atom stereocenters. The van der Waals surface area contributed by atoms with Crippen molar-refractivity contribution in [3.8, 4) is 0 Å². The second-order valence-electron chi connectivity index (χ2n) is 4.97. The van der Waals surface area contributed by atoms with Gasteiger partial charge in [-0.2, -0.15) is 0 Å². The van der Waals surface area contributed by atoms with E-state index in [1.165, 1.54) is 0 Å². The minimum Gasteiger partial charge on any atom is -0.383 e. The van der Waals surface area contributed by atoms with E-state index >= 15 is 0 Å². The van der Waals surface area contributed by atoms with Gasteiger partial charge in [-0.25, -0.2) is 0 Å². The third-order valence-electron chi connectivity index (χ3n) is 3.31. The van der Waals surface area contributed by atoms with Gasteiger partial charge in [0.05, 0.1) is 19.7 Å². The Bertz CT molecular complexity index is 564. The van der Waals surface area contributed by atoms with Gasteiger partial charge in [-0.05, 0) is 17.7 Å². The number of carbonyl (C=O) groups is 1. The third-order valence-corrected chi connectivity index (χ3v) is 3.31. The maximum atomic E-state index is 12.5. The van der Waals surface area contributed by atoms with Crippen LogP contribution in [-0.2, 0) is 16.1 Å². The van der Waals surface area contributed by atoms with E-state index in [0.717, 1.165) is 11.3 Å². The van der Waals surface area contributed by atoms with E-state index < -0.39 is 0 Å². The van der Waals surface area contributed by atoms with Gasteiger partial charge < -0.3 is 15.0 Å². The summed E-state index contributed by atoms with van der Waals surface area (Å²) >= 11 is 0. The molecule has 2 rings (SSSR count). The van der Waals surface area contributed by atoms with Crippen LogP contribution in [0.1, 0.15) is 5.56 Å². The van der Waals surface area contributed by atoms with Crippen molar-refractivity contribution in [1.29, 1.82) is 0 Å². The number of para-hydroxylation sites is 1. The summed E-state index contributed by atoms with van der Waals surface area (Å²) < 4.78 is 4.98. The van der Waals surface area contributed by atoms with E-state index in [0.29, 0.717) is 26.2 Å². The highest BCUT2D eigenvalue weighted by atomic mass is 35.5. The molecule has 0 saturated carbocycles. The second kappa shape index (κ2) is 10.8. The van der Waals surface area contributed by atoms with Crippen molar-refractivity contribution in [2.75, 3.05) is 31.7 Å². The van der Waals surface area contributed by atoms with Crippen LogP contribution in [0.4, 0.5) is 5.69 Å². The first kappa shape index (κ1) is 19.2. The Labute approximate surface area is 143 Å². The van der Waals surface area contributed by atoms with Crippen LogP contribution in [0.5, 0.6) is 0 Å². The van der Waals surface area contributed by atoms with Gasteiger partial charge in [-0.1, -0.05) is 48.5 Å². The molecule has 0 spiro atoms. The molecule has 4 nitrogen and oxygen atoms in total. The lowest BCUT2D eigenvalue weighted by atomic mass is 10.2. The van der Waals surface area contributed by atoms with Gasteiger partial charge in [0.1, 0.15) is 0 Å². The third kappa shape index (κ3) is 6.40. The Kier molecular flexibility index (Phi) is 8.98. The number of ether oxygens (including phenoxy) is 1. The molecule has 23 heavy (non-hydrogen) atoms. The fourth-order valence-electron chi connectivity index (χ4n) is 2.16. The number of halogens is 1. The maximum absolute atomic E-state index is 12.5. The molecule has 0 aliphatic rings. The summed E-state index contributed by atoms with van der Waals surface area (Å²) in [6.45, 7) is 2.12. The SMILES string of the molecule is COCCNCC(=O)N(Cc1ccccc1)c1ccccc1.Cl. The molecule has 1 amide bonds. The van der Waals surface area contributed by atoms with Crippen molar-refractivity contribution in [2.24, 2.45) is 0 Å². The highest BCUT2D eigenvalue weighted by Crippen LogP contribution is 2.16. The molecule has 0 bridgehead atoms. The minimum atomic E-state index is 0. The van der Waals surface area contributed by atoms with Gasteiger partial charge in [0.15, 0.2) is 0 Å². The molecule has 0 fully saturated rings. The number of nitrogens with one attached hydrogen (secondary N) is 1. The quantitative estimate of drug-likeness (QED) is 0.755. The largest absolute Gasteiger partial charge is 0.383 e. The summed E-state index contributed by atoms with van der Waals surface area (Å²) in [4.78, 5) is 14.3. The van der Waals surface area contributed by atoms with Crippen molar-refractivity contribution < 1.29 is 9.53 Å². The van der Waals surface area contributed by atoms with E-state index in [2.05, 4.69) is 5.32 Å². The summed E-state index contributed by atoms with van der Waals surface area (Å²) in [5.74, 6) is 0.0474. The predicted molar refractivity (Wildman–Crippen MR) is 96.1 cm³/mol. The van der Waals surface area contributed by atoms with E-state index in [4.69, 9.17) is 4.74 Å². The van der Waals surface area contributed by atoms with E-state index in [1.54, 1.807) is 12.0 Å². The average Bonchev–Trinajstić information content (AvgIpc) is 2.58. The topological polar surface area (TPSA) is 41.6 Å². The van der Waals surface area contributed by atoms with Gasteiger partial charge >= 0.3 is 0 Å². The fraction of sp³-hybridized carbons (Fsp3) is 0.278. The van der Waals surface area contributed by atoms with Crippen molar-refractivity contribution >= 4 is 24.0 Å². The standard InChI is InChI=1S/C18H22N2O2.ClH/c1-22-13-12-19-14-18(21)20(17-10-6-3-7-11-17)15-16-8-4-2-5-9-16;/h2-11,19H,12-15H2,1H3;1H. The molecule has 124 valence electrons. The highest BCUT2D eigenvalue weighted by Gasteiger charge is 2.15. The molecule has 0 heterocycles. The number of rotatable bonds is 8. The summed E-state index contributed by atoms with van der Waals surface area (Å²) in [6.07, 6.45) is 0. The van der Waals surface area contributed by atoms with Gasteiger partial charge in [0, 0.05) is 19.3 Å². The van der Waals surface area contributed by atoms with Crippen LogP contribution in [0.3, 0.4) is 0 Å². The maximum Gasteiger partial charge on any atom is 0.241 e. The van der Waals surface area contributed by atoms with Gasteiger partial charge in [-0.3, -0.25) is 4.79 Å². The van der Waals surface area contributed by atoms with Crippen molar-refractivity contribution in [3.63, 3.8) is 0 Å². The van der Waals surface area contributed by atoms with Crippen LogP contribution < -0.4 is 10.2 Å². The summed E-state index contributed by atoms with van der Waals surface area (Å²) in [6, 6.07) is 19.8. The molecule has 1 N–H and O–H groups in total. The monoisotopic (exact) mass is 334 g/mol. The van der Waals surface area contributed by atoms with Gasteiger partial charge in [-0.15, -0.1) is 12.4 Å². The molecule has 2 aromatic rings. The second-order valence-corrected chi connectivity index (χ2v) is 4.97. The molecular weight excluding hydrogens is 312 g/mol. The zero-order valence-corrected chi connectivity index (χ0v) is 14.1. The molecular formula is C18H23ClN2O2. The van der Waals surface area contributed by atoms with Gasteiger partial charge in [0.2, 0.25) is 5.91 Å². The number of methoxy groups -OCH3 is 1. The van der Waals surface area contributed by atoms with Crippen LogP contribution in [0, 0.1) is 0 Å². The van der Waals surface area contributed by atoms with E-state index in [1.807, 2.05) is 60.7 Å². The molecule has 0 aliphatic carbocycles. The number of hydrogen-bond acceptors (Lipinski definition) is 3. The van der Waals surface area contributed by atoms with Crippen LogP contribution in [0.25, 0.3) is 0 Å². The lowest BCUT2D eigenvalue weighted by Crippen LogP contribution is -2.38. The molecule has 2 aromatic carbocycles. The molecule has 0 radical (unpaired) electrons. The molecule has 0 saturated heterocycles. The molecule has 5 heteroatoms. The molecule has 0 aromatic heterocycles. The minimum absolute atomic E-state index is 0. The van der Waals surface area contributed by atoms with Gasteiger partial charge in [0.25, 0.3) is 0 Å². The Morgan fingerprint density at radius 1 is 1.04 bits per heavy atom. The first-order chi connectivity index (χ1) is 10.8. The smallest absolute Gasteiger partial charge is 0.241 e. The number of hydrogen-bond donors (Lipinski definition) is 1. The van der Waals surface area contributed by atoms with E-state index in [9.17, 15) is 4.79 Å². The lowest BCUT2D eigenvalue weighted by Gasteiger charge is -2.23. The first-order valence-electron chi connectivity index (χ1n) is 7.40. The Morgan fingerprint density at radius 3 is 2.26 bits per heavy atom. The number of nitrogens with zero attached hydrogens (tertiary/aromatic N) is 1. The average molecular weight is 335 g/mol. The Hall–Kier alpha value is -1.88. The van der Waals surface area contributed by atoms with Crippen LogP contribution in [0.15, 0.2) is 60.7 Å². The van der Waals surface area contributed by atoms with Crippen molar-refractivity contribution in [3.05, 3.63) is 66.2 Å². The van der Waals surface area contributed by atoms with Crippen molar-refractivity contribution in [2.45, 2.75) is 6.54 Å². The van der Waals surface area contributed by atoms with Crippen LogP contribution in [0.2, 0.25) is 0 Å². The van der Waals surface area contributed by atoms with Crippen LogP contribution >= 0.6 is 12.4 Å². The number of anilines is 1. The zero-order chi connectivity index (χ0) is 15.6. The fourth-order valence-corrected chi connectivity index (χ4v) is 2.16.